The number of methoxy groups -OCH3 is 1. The van der Waals surface area contributed by atoms with E-state index in [-0.39, 0.29) is 22.8 Å². The van der Waals surface area contributed by atoms with Gasteiger partial charge < -0.3 is 9.47 Å². The lowest BCUT2D eigenvalue weighted by molar-refractivity contribution is 0.101. The van der Waals surface area contributed by atoms with E-state index in [1.165, 1.54) is 50.7 Å². The Morgan fingerprint density at radius 1 is 1.04 bits per heavy atom. The van der Waals surface area contributed by atoms with Gasteiger partial charge in [0.25, 0.3) is 11.8 Å². The number of carbonyl (C=O) groups excluding carboxylic acids is 1. The number of ether oxygens (including phenoxy) is 2. The Kier molecular flexibility index (Phi) is 6.25. The van der Waals surface area contributed by atoms with Crippen LogP contribution in [0.4, 0.5) is 0 Å². The van der Waals surface area contributed by atoms with Crippen LogP contribution in [0.3, 0.4) is 0 Å². The fourth-order valence-corrected chi connectivity index (χ4v) is 4.45. The molecule has 0 amide bonds. The van der Waals surface area contributed by atoms with Crippen molar-refractivity contribution >= 4 is 15.8 Å². The van der Waals surface area contributed by atoms with Gasteiger partial charge in [0, 0.05) is 24.0 Å². The summed E-state index contributed by atoms with van der Waals surface area (Å²) in [6.07, 6.45) is 5.68. The number of hydrogen-bond donors (Lipinski definition) is 1. The standard InChI is InChI=1S/C19H23N3O5S/c1-13(23)14-3-9-17(10-4-14)28(24,25)22-15-5-7-16(8-6-15)27-19-18(26-2)20-11-12-21-19/h3-4,9-12,15-16,22H,5-8H2,1-2H3. The monoisotopic (exact) mass is 405 g/mol. The first-order chi connectivity index (χ1) is 13.4. The lowest BCUT2D eigenvalue weighted by Gasteiger charge is -2.29. The Bertz CT molecular complexity index is 923. The molecule has 28 heavy (non-hydrogen) atoms. The fraction of sp³-hybridized carbons (Fsp3) is 0.421. The molecule has 0 atom stereocenters. The van der Waals surface area contributed by atoms with Crippen molar-refractivity contribution < 1.29 is 22.7 Å². The molecule has 3 rings (SSSR count). The number of Topliss-reactive ketones (excluding diaryl/α,β-unsaturated/α-hetero) is 1. The fourth-order valence-electron chi connectivity index (χ4n) is 3.15. The number of ketones is 1. The molecule has 0 spiro atoms. The van der Waals surface area contributed by atoms with Gasteiger partial charge in [0.2, 0.25) is 10.0 Å². The maximum absolute atomic E-state index is 12.6. The van der Waals surface area contributed by atoms with Crippen molar-refractivity contribution in [2.24, 2.45) is 0 Å². The Morgan fingerprint density at radius 3 is 2.21 bits per heavy atom. The van der Waals surface area contributed by atoms with E-state index in [0.717, 1.165) is 0 Å². The van der Waals surface area contributed by atoms with Crippen LogP contribution in [0.1, 0.15) is 43.0 Å². The highest BCUT2D eigenvalue weighted by Crippen LogP contribution is 2.27. The summed E-state index contributed by atoms with van der Waals surface area (Å²) in [5.41, 5.74) is 0.482. The number of sulfonamides is 1. The topological polar surface area (TPSA) is 107 Å². The maximum atomic E-state index is 12.6. The molecule has 0 bridgehead atoms. The highest BCUT2D eigenvalue weighted by atomic mass is 32.2. The Morgan fingerprint density at radius 2 is 1.64 bits per heavy atom. The summed E-state index contributed by atoms with van der Waals surface area (Å²) in [6, 6.07) is 5.79. The average Bonchev–Trinajstić information content (AvgIpc) is 2.70. The molecule has 0 radical (unpaired) electrons. The number of hydrogen-bond acceptors (Lipinski definition) is 7. The molecule has 1 N–H and O–H groups in total. The zero-order valence-corrected chi connectivity index (χ0v) is 16.6. The van der Waals surface area contributed by atoms with Gasteiger partial charge in [-0.1, -0.05) is 12.1 Å². The van der Waals surface area contributed by atoms with Gasteiger partial charge in [-0.25, -0.2) is 23.1 Å². The third kappa shape index (κ3) is 4.85. The number of rotatable bonds is 7. The van der Waals surface area contributed by atoms with Crippen LogP contribution in [-0.2, 0) is 10.0 Å². The SMILES string of the molecule is COc1nccnc1OC1CCC(NS(=O)(=O)c2ccc(C(C)=O)cc2)CC1. The van der Waals surface area contributed by atoms with Gasteiger partial charge >= 0.3 is 0 Å². The molecule has 1 heterocycles. The van der Waals surface area contributed by atoms with Crippen LogP contribution in [0.2, 0.25) is 0 Å². The third-order valence-corrected chi connectivity index (χ3v) is 6.21. The van der Waals surface area contributed by atoms with Gasteiger partial charge in [-0.05, 0) is 44.7 Å². The molecule has 2 aromatic rings. The van der Waals surface area contributed by atoms with E-state index in [4.69, 9.17) is 9.47 Å². The normalized spacial score (nSPS) is 19.8. The van der Waals surface area contributed by atoms with Crippen molar-refractivity contribution in [3.63, 3.8) is 0 Å². The van der Waals surface area contributed by atoms with Crippen LogP contribution in [0.15, 0.2) is 41.6 Å². The first kappa shape index (κ1) is 20.2. The van der Waals surface area contributed by atoms with Crippen LogP contribution < -0.4 is 14.2 Å². The largest absolute Gasteiger partial charge is 0.477 e. The summed E-state index contributed by atoms with van der Waals surface area (Å²) in [4.78, 5) is 19.7. The van der Waals surface area contributed by atoms with E-state index in [1.807, 2.05) is 0 Å². The van der Waals surface area contributed by atoms with Crippen molar-refractivity contribution in [1.29, 1.82) is 0 Å². The molecule has 1 fully saturated rings. The lowest BCUT2D eigenvalue weighted by atomic mass is 9.94. The molecular weight excluding hydrogens is 382 g/mol. The van der Waals surface area contributed by atoms with Gasteiger partial charge in [0.15, 0.2) is 5.78 Å². The van der Waals surface area contributed by atoms with Gasteiger partial charge in [0.1, 0.15) is 6.10 Å². The van der Waals surface area contributed by atoms with E-state index < -0.39 is 10.0 Å². The second-order valence-corrected chi connectivity index (χ2v) is 8.38. The quantitative estimate of drug-likeness (QED) is 0.705. The van der Waals surface area contributed by atoms with Gasteiger partial charge in [-0.2, -0.15) is 0 Å². The van der Waals surface area contributed by atoms with Crippen LogP contribution in [-0.4, -0.2) is 43.4 Å². The van der Waals surface area contributed by atoms with E-state index in [0.29, 0.717) is 43.0 Å². The highest BCUT2D eigenvalue weighted by molar-refractivity contribution is 7.89. The molecule has 0 saturated heterocycles. The van der Waals surface area contributed by atoms with Gasteiger partial charge in [-0.3, -0.25) is 4.79 Å². The van der Waals surface area contributed by atoms with E-state index >= 15 is 0 Å². The summed E-state index contributed by atoms with van der Waals surface area (Å²) in [7, 11) is -2.13. The Hall–Kier alpha value is -2.52. The van der Waals surface area contributed by atoms with Gasteiger partial charge in [-0.15, -0.1) is 0 Å². The second kappa shape index (κ2) is 8.66. The molecule has 1 aliphatic rings. The maximum Gasteiger partial charge on any atom is 0.278 e. The first-order valence-electron chi connectivity index (χ1n) is 9.04. The highest BCUT2D eigenvalue weighted by Gasteiger charge is 2.27. The molecule has 8 nitrogen and oxygen atoms in total. The van der Waals surface area contributed by atoms with Gasteiger partial charge in [0.05, 0.1) is 12.0 Å². The third-order valence-electron chi connectivity index (χ3n) is 4.67. The molecule has 1 aliphatic carbocycles. The predicted molar refractivity (Wildman–Crippen MR) is 102 cm³/mol. The molecular formula is C19H23N3O5S. The lowest BCUT2D eigenvalue weighted by Crippen LogP contribution is -2.39. The summed E-state index contributed by atoms with van der Waals surface area (Å²) in [6.45, 7) is 1.44. The molecule has 0 aliphatic heterocycles. The van der Waals surface area contributed by atoms with Crippen molar-refractivity contribution in [2.75, 3.05) is 7.11 Å². The zero-order valence-electron chi connectivity index (χ0n) is 15.8. The van der Waals surface area contributed by atoms with Crippen molar-refractivity contribution in [2.45, 2.75) is 49.6 Å². The summed E-state index contributed by atoms with van der Waals surface area (Å²) in [5, 5.41) is 0. The van der Waals surface area contributed by atoms with Crippen molar-refractivity contribution in [3.05, 3.63) is 42.2 Å². The molecule has 0 unspecified atom stereocenters. The second-order valence-electron chi connectivity index (χ2n) is 6.66. The average molecular weight is 405 g/mol. The van der Waals surface area contributed by atoms with E-state index in [9.17, 15) is 13.2 Å². The van der Waals surface area contributed by atoms with E-state index in [1.54, 1.807) is 0 Å². The summed E-state index contributed by atoms with van der Waals surface area (Å²) in [5.74, 6) is 0.578. The summed E-state index contributed by atoms with van der Waals surface area (Å²) < 4.78 is 38.9. The van der Waals surface area contributed by atoms with Crippen LogP contribution in [0.5, 0.6) is 11.8 Å². The minimum atomic E-state index is -3.63. The van der Waals surface area contributed by atoms with Crippen LogP contribution >= 0.6 is 0 Å². The number of nitrogens with zero attached hydrogens (tertiary/aromatic N) is 2. The minimum Gasteiger partial charge on any atom is -0.477 e. The number of nitrogens with one attached hydrogen (secondary N) is 1. The Labute approximate surface area is 164 Å². The number of aromatic nitrogens is 2. The van der Waals surface area contributed by atoms with E-state index in [2.05, 4.69) is 14.7 Å². The number of carbonyl (C=O) groups is 1. The van der Waals surface area contributed by atoms with Crippen LogP contribution in [0, 0.1) is 0 Å². The van der Waals surface area contributed by atoms with Crippen molar-refractivity contribution in [3.8, 4) is 11.8 Å². The minimum absolute atomic E-state index is 0.0683. The summed E-state index contributed by atoms with van der Waals surface area (Å²) >= 11 is 0. The molecule has 1 aromatic carbocycles. The first-order valence-corrected chi connectivity index (χ1v) is 10.5. The Balaban J connectivity index is 1.56. The molecule has 9 heteroatoms. The smallest absolute Gasteiger partial charge is 0.278 e. The molecule has 150 valence electrons. The zero-order chi connectivity index (χ0) is 20.1. The predicted octanol–water partition coefficient (Wildman–Crippen LogP) is 2.36. The number of benzene rings is 1. The molecule has 1 aromatic heterocycles. The van der Waals surface area contributed by atoms with Crippen LogP contribution in [0.25, 0.3) is 0 Å². The molecule has 1 saturated carbocycles. The van der Waals surface area contributed by atoms with Crippen molar-refractivity contribution in [1.82, 2.24) is 14.7 Å².